The quantitative estimate of drug-likeness (QED) is 0.474. The molecule has 126 valence electrons. The molecular formula is C16H15FN2O5. The summed E-state index contributed by atoms with van der Waals surface area (Å²) in [5.41, 5.74) is 5.91. The highest BCUT2D eigenvalue weighted by atomic mass is 19.1. The maximum atomic E-state index is 13.6. The van der Waals surface area contributed by atoms with Crippen LogP contribution in [0.2, 0.25) is 0 Å². The van der Waals surface area contributed by atoms with Crippen molar-refractivity contribution in [1.82, 2.24) is 0 Å². The van der Waals surface area contributed by atoms with Gasteiger partial charge in [0.15, 0.2) is 0 Å². The molecule has 0 aliphatic carbocycles. The fourth-order valence-electron chi connectivity index (χ4n) is 2.09. The van der Waals surface area contributed by atoms with Gasteiger partial charge in [-0.25, -0.2) is 4.39 Å². The molecule has 0 aromatic heterocycles. The SMILES string of the molecule is N[C@@H](Cc1ccc(O)cc1F)C(=O)OCc1ccccc1[N+](=O)[O-]. The molecule has 0 unspecified atom stereocenters. The van der Waals surface area contributed by atoms with Crippen molar-refractivity contribution in [3.63, 3.8) is 0 Å². The lowest BCUT2D eigenvalue weighted by atomic mass is 10.1. The minimum Gasteiger partial charge on any atom is -0.508 e. The van der Waals surface area contributed by atoms with Crippen LogP contribution in [0.4, 0.5) is 10.1 Å². The van der Waals surface area contributed by atoms with Gasteiger partial charge in [-0.15, -0.1) is 0 Å². The molecule has 0 saturated heterocycles. The van der Waals surface area contributed by atoms with Crippen LogP contribution in [0.15, 0.2) is 42.5 Å². The van der Waals surface area contributed by atoms with Gasteiger partial charge < -0.3 is 15.6 Å². The third-order valence-electron chi connectivity index (χ3n) is 3.34. The monoisotopic (exact) mass is 334 g/mol. The van der Waals surface area contributed by atoms with Crippen LogP contribution in [-0.2, 0) is 22.6 Å². The van der Waals surface area contributed by atoms with E-state index in [0.29, 0.717) is 0 Å². The molecule has 3 N–H and O–H groups in total. The van der Waals surface area contributed by atoms with Crippen molar-refractivity contribution in [3.8, 4) is 5.75 Å². The molecule has 0 fully saturated rings. The summed E-state index contributed by atoms with van der Waals surface area (Å²) >= 11 is 0. The molecule has 0 aliphatic rings. The number of carbonyl (C=O) groups is 1. The number of nitro groups is 1. The maximum absolute atomic E-state index is 13.6. The minimum atomic E-state index is -1.13. The molecule has 2 aromatic rings. The third kappa shape index (κ3) is 4.26. The highest BCUT2D eigenvalue weighted by Gasteiger charge is 2.20. The first-order chi connectivity index (χ1) is 11.4. The zero-order valence-electron chi connectivity index (χ0n) is 12.5. The number of hydrogen-bond acceptors (Lipinski definition) is 6. The molecule has 2 aromatic carbocycles. The Balaban J connectivity index is 1.98. The molecule has 0 saturated carbocycles. The molecule has 0 bridgehead atoms. The van der Waals surface area contributed by atoms with E-state index < -0.39 is 22.8 Å². The number of halogens is 1. The second kappa shape index (κ2) is 7.51. The highest BCUT2D eigenvalue weighted by Crippen LogP contribution is 2.19. The van der Waals surface area contributed by atoms with Crippen LogP contribution >= 0.6 is 0 Å². The number of hydrogen-bond donors (Lipinski definition) is 2. The Labute approximate surface area is 136 Å². The number of benzene rings is 2. The Bertz CT molecular complexity index is 766. The second-order valence-electron chi connectivity index (χ2n) is 5.08. The summed E-state index contributed by atoms with van der Waals surface area (Å²) in [6.45, 7) is -0.304. The smallest absolute Gasteiger partial charge is 0.323 e. The molecule has 2 rings (SSSR count). The molecule has 8 heteroatoms. The minimum absolute atomic E-state index is 0.123. The van der Waals surface area contributed by atoms with E-state index in [1.165, 1.54) is 30.3 Å². The van der Waals surface area contributed by atoms with E-state index in [9.17, 15) is 19.3 Å². The van der Waals surface area contributed by atoms with Gasteiger partial charge in [-0.05, 0) is 17.7 Å². The number of rotatable bonds is 6. The first-order valence-corrected chi connectivity index (χ1v) is 7.00. The average Bonchev–Trinajstić information content (AvgIpc) is 2.55. The summed E-state index contributed by atoms with van der Waals surface area (Å²) in [5.74, 6) is -1.72. The van der Waals surface area contributed by atoms with E-state index in [1.54, 1.807) is 6.07 Å². The number of nitrogens with zero attached hydrogens (tertiary/aromatic N) is 1. The first-order valence-electron chi connectivity index (χ1n) is 7.00. The number of para-hydroxylation sites is 1. The zero-order valence-corrected chi connectivity index (χ0v) is 12.5. The Morgan fingerprint density at radius 1 is 1.29 bits per heavy atom. The second-order valence-corrected chi connectivity index (χ2v) is 5.08. The molecule has 7 nitrogen and oxygen atoms in total. The van der Waals surface area contributed by atoms with Gasteiger partial charge >= 0.3 is 5.97 Å². The third-order valence-corrected chi connectivity index (χ3v) is 3.34. The van der Waals surface area contributed by atoms with Crippen LogP contribution in [0, 0.1) is 15.9 Å². The number of aromatic hydroxyl groups is 1. The van der Waals surface area contributed by atoms with Gasteiger partial charge in [-0.2, -0.15) is 0 Å². The summed E-state index contributed by atoms with van der Waals surface area (Å²) in [7, 11) is 0. The van der Waals surface area contributed by atoms with E-state index >= 15 is 0 Å². The predicted molar refractivity (Wildman–Crippen MR) is 82.6 cm³/mol. The number of carbonyl (C=O) groups excluding carboxylic acids is 1. The first kappa shape index (κ1) is 17.4. The predicted octanol–water partition coefficient (Wildman–Crippen LogP) is 2.05. The lowest BCUT2D eigenvalue weighted by Gasteiger charge is -2.12. The number of ether oxygens (including phenoxy) is 1. The van der Waals surface area contributed by atoms with E-state index in [-0.39, 0.29) is 35.6 Å². The molecule has 0 aliphatic heterocycles. The van der Waals surface area contributed by atoms with Crippen LogP contribution in [-0.4, -0.2) is 22.0 Å². The van der Waals surface area contributed by atoms with Gasteiger partial charge in [0.05, 0.1) is 10.5 Å². The molecule has 0 heterocycles. The molecule has 0 spiro atoms. The highest BCUT2D eigenvalue weighted by molar-refractivity contribution is 5.76. The Hall–Kier alpha value is -3.00. The van der Waals surface area contributed by atoms with Crippen molar-refractivity contribution >= 4 is 11.7 Å². The summed E-state index contributed by atoms with van der Waals surface area (Å²) in [4.78, 5) is 22.2. The van der Waals surface area contributed by atoms with Gasteiger partial charge in [0.1, 0.15) is 24.2 Å². The van der Waals surface area contributed by atoms with Crippen molar-refractivity contribution in [2.45, 2.75) is 19.1 Å². The fourth-order valence-corrected chi connectivity index (χ4v) is 2.09. The molecule has 0 amide bonds. The summed E-state index contributed by atoms with van der Waals surface area (Å²) in [6.07, 6.45) is -0.123. The Morgan fingerprint density at radius 3 is 2.67 bits per heavy atom. The average molecular weight is 334 g/mol. The van der Waals surface area contributed by atoms with Crippen LogP contribution in [0.1, 0.15) is 11.1 Å². The van der Waals surface area contributed by atoms with Crippen LogP contribution in [0.25, 0.3) is 0 Å². The Morgan fingerprint density at radius 2 is 2.00 bits per heavy atom. The summed E-state index contributed by atoms with van der Waals surface area (Å²) in [6, 6.07) is 8.24. The summed E-state index contributed by atoms with van der Waals surface area (Å²) < 4.78 is 18.6. The van der Waals surface area contributed by atoms with Gasteiger partial charge in [0.2, 0.25) is 0 Å². The lowest BCUT2D eigenvalue weighted by Crippen LogP contribution is -2.34. The van der Waals surface area contributed by atoms with E-state index in [1.807, 2.05) is 0 Å². The molecule has 1 atom stereocenters. The number of esters is 1. The molecular weight excluding hydrogens is 319 g/mol. The van der Waals surface area contributed by atoms with Crippen LogP contribution in [0.3, 0.4) is 0 Å². The number of phenolic OH excluding ortho intramolecular Hbond substituents is 1. The van der Waals surface area contributed by atoms with Crippen LogP contribution in [0.5, 0.6) is 5.75 Å². The van der Waals surface area contributed by atoms with Gasteiger partial charge in [0, 0.05) is 18.6 Å². The number of nitrogens with two attached hydrogens (primary N) is 1. The summed E-state index contributed by atoms with van der Waals surface area (Å²) in [5, 5.41) is 20.0. The van der Waals surface area contributed by atoms with Gasteiger partial charge in [0.25, 0.3) is 5.69 Å². The Kier molecular flexibility index (Phi) is 5.43. The van der Waals surface area contributed by atoms with Crippen molar-refractivity contribution < 1.29 is 24.0 Å². The van der Waals surface area contributed by atoms with Gasteiger partial charge in [-0.1, -0.05) is 18.2 Å². The molecule has 0 radical (unpaired) electrons. The van der Waals surface area contributed by atoms with Gasteiger partial charge in [-0.3, -0.25) is 14.9 Å². The normalized spacial score (nSPS) is 11.8. The zero-order chi connectivity index (χ0) is 17.7. The largest absolute Gasteiger partial charge is 0.508 e. The van der Waals surface area contributed by atoms with Crippen LogP contribution < -0.4 is 5.73 Å². The lowest BCUT2D eigenvalue weighted by molar-refractivity contribution is -0.385. The fraction of sp³-hybridized carbons (Fsp3) is 0.188. The topological polar surface area (TPSA) is 116 Å². The standard InChI is InChI=1S/C16H15FN2O5/c17-13-8-12(20)6-5-10(13)7-14(18)16(21)24-9-11-3-1-2-4-15(11)19(22)23/h1-6,8,14,20H,7,9,18H2/t14-/m0/s1. The maximum Gasteiger partial charge on any atom is 0.323 e. The van der Waals surface area contributed by atoms with Crippen molar-refractivity contribution in [2.24, 2.45) is 5.73 Å². The van der Waals surface area contributed by atoms with Crippen molar-refractivity contribution in [3.05, 3.63) is 69.5 Å². The number of phenols is 1. The van der Waals surface area contributed by atoms with E-state index in [0.717, 1.165) is 6.07 Å². The van der Waals surface area contributed by atoms with E-state index in [4.69, 9.17) is 15.6 Å². The van der Waals surface area contributed by atoms with Crippen molar-refractivity contribution in [1.29, 1.82) is 0 Å². The van der Waals surface area contributed by atoms with E-state index in [2.05, 4.69) is 0 Å². The number of nitro benzene ring substituents is 1. The molecule has 24 heavy (non-hydrogen) atoms. The van der Waals surface area contributed by atoms with Crippen molar-refractivity contribution in [2.75, 3.05) is 0 Å².